The standard InChI is InChI=1S/C25H26N2O3S/c1-30-24-10-6-20(7-11-24)21-8-12-25(13-9-21)31(28,29)27-17-23(18-27)26-15-14-19-4-2-3-5-22(19)16-26/h2-13,23H,14-18H2,1H3. The monoisotopic (exact) mass is 434 g/mol. The Kier molecular flexibility index (Phi) is 5.30. The molecule has 0 aliphatic carbocycles. The fourth-order valence-electron chi connectivity index (χ4n) is 4.42. The highest BCUT2D eigenvalue weighted by atomic mass is 32.2. The van der Waals surface area contributed by atoms with Gasteiger partial charge in [0.25, 0.3) is 0 Å². The summed E-state index contributed by atoms with van der Waals surface area (Å²) in [5.74, 6) is 0.799. The van der Waals surface area contributed by atoms with Gasteiger partial charge in [-0.15, -0.1) is 0 Å². The minimum Gasteiger partial charge on any atom is -0.497 e. The van der Waals surface area contributed by atoms with Crippen LogP contribution in [0, 0.1) is 0 Å². The maximum Gasteiger partial charge on any atom is 0.243 e. The summed E-state index contributed by atoms with van der Waals surface area (Å²) in [7, 11) is -1.82. The summed E-state index contributed by atoms with van der Waals surface area (Å²) in [4.78, 5) is 2.77. The number of benzene rings is 3. The maximum atomic E-state index is 13.1. The Morgan fingerprint density at radius 2 is 1.45 bits per heavy atom. The van der Waals surface area contributed by atoms with Gasteiger partial charge in [-0.2, -0.15) is 4.31 Å². The van der Waals surface area contributed by atoms with E-state index in [1.165, 1.54) is 11.1 Å². The van der Waals surface area contributed by atoms with Gasteiger partial charge >= 0.3 is 0 Å². The molecule has 160 valence electrons. The van der Waals surface area contributed by atoms with Crippen LogP contribution in [0.25, 0.3) is 11.1 Å². The van der Waals surface area contributed by atoms with Gasteiger partial charge in [0, 0.05) is 32.2 Å². The molecular formula is C25H26N2O3S. The van der Waals surface area contributed by atoms with Crippen LogP contribution in [0.15, 0.2) is 77.7 Å². The van der Waals surface area contributed by atoms with E-state index in [9.17, 15) is 8.42 Å². The Bertz CT molecular complexity index is 1170. The van der Waals surface area contributed by atoms with Crippen LogP contribution in [0.2, 0.25) is 0 Å². The van der Waals surface area contributed by atoms with Crippen molar-refractivity contribution in [3.8, 4) is 16.9 Å². The van der Waals surface area contributed by atoms with Crippen LogP contribution in [0.4, 0.5) is 0 Å². The van der Waals surface area contributed by atoms with E-state index in [0.717, 1.165) is 36.4 Å². The minimum atomic E-state index is -3.46. The Hall–Kier alpha value is -2.67. The lowest BCUT2D eigenvalue weighted by Gasteiger charge is -2.46. The highest BCUT2D eigenvalue weighted by molar-refractivity contribution is 7.89. The third-order valence-corrected chi connectivity index (χ3v) is 8.27. The van der Waals surface area contributed by atoms with E-state index in [2.05, 4.69) is 29.2 Å². The fourth-order valence-corrected chi connectivity index (χ4v) is 5.94. The highest BCUT2D eigenvalue weighted by Gasteiger charge is 2.40. The molecule has 0 atom stereocenters. The van der Waals surface area contributed by atoms with Crippen LogP contribution in [0.1, 0.15) is 11.1 Å². The van der Waals surface area contributed by atoms with Crippen LogP contribution in [0.3, 0.4) is 0 Å². The second kappa shape index (κ2) is 8.11. The topological polar surface area (TPSA) is 49.9 Å². The lowest BCUT2D eigenvalue weighted by molar-refractivity contribution is 0.0769. The van der Waals surface area contributed by atoms with E-state index in [-0.39, 0.29) is 0 Å². The first kappa shape index (κ1) is 20.2. The van der Waals surface area contributed by atoms with E-state index in [4.69, 9.17) is 4.74 Å². The van der Waals surface area contributed by atoms with Crippen molar-refractivity contribution < 1.29 is 13.2 Å². The van der Waals surface area contributed by atoms with Gasteiger partial charge in [-0.3, -0.25) is 4.90 Å². The number of nitrogens with zero attached hydrogens (tertiary/aromatic N) is 2. The molecule has 0 unspecified atom stereocenters. The van der Waals surface area contributed by atoms with Crippen LogP contribution in [-0.4, -0.2) is 50.4 Å². The first-order chi connectivity index (χ1) is 15.0. The van der Waals surface area contributed by atoms with Crippen LogP contribution < -0.4 is 4.74 Å². The molecule has 0 amide bonds. The number of hydrogen-bond donors (Lipinski definition) is 0. The van der Waals surface area contributed by atoms with Gasteiger partial charge in [0.2, 0.25) is 10.0 Å². The molecule has 0 aromatic heterocycles. The zero-order valence-electron chi connectivity index (χ0n) is 17.6. The van der Waals surface area contributed by atoms with Gasteiger partial charge in [-0.05, 0) is 52.9 Å². The number of methoxy groups -OCH3 is 1. The number of hydrogen-bond acceptors (Lipinski definition) is 4. The summed E-state index contributed by atoms with van der Waals surface area (Å²) in [5.41, 5.74) is 4.79. The lowest BCUT2D eigenvalue weighted by atomic mass is 9.97. The van der Waals surface area contributed by atoms with Gasteiger partial charge in [0.1, 0.15) is 5.75 Å². The molecule has 1 saturated heterocycles. The molecule has 0 saturated carbocycles. The predicted molar refractivity (Wildman–Crippen MR) is 122 cm³/mol. The van der Waals surface area contributed by atoms with Crippen LogP contribution in [0.5, 0.6) is 5.75 Å². The molecule has 2 aliphatic rings. The zero-order chi connectivity index (χ0) is 21.4. The Morgan fingerprint density at radius 1 is 0.839 bits per heavy atom. The molecule has 31 heavy (non-hydrogen) atoms. The van der Waals surface area contributed by atoms with Gasteiger partial charge in [0.05, 0.1) is 12.0 Å². The molecule has 0 N–H and O–H groups in total. The van der Waals surface area contributed by atoms with Crippen molar-refractivity contribution >= 4 is 10.0 Å². The van der Waals surface area contributed by atoms with E-state index >= 15 is 0 Å². The average molecular weight is 435 g/mol. The van der Waals surface area contributed by atoms with Crippen molar-refractivity contribution in [1.82, 2.24) is 9.21 Å². The van der Waals surface area contributed by atoms with Crippen molar-refractivity contribution in [2.24, 2.45) is 0 Å². The van der Waals surface area contributed by atoms with Gasteiger partial charge in [-0.25, -0.2) is 8.42 Å². The maximum absolute atomic E-state index is 13.1. The number of ether oxygens (including phenoxy) is 1. The predicted octanol–water partition coefficient (Wildman–Crippen LogP) is 3.79. The van der Waals surface area contributed by atoms with Crippen LogP contribution in [-0.2, 0) is 23.0 Å². The average Bonchev–Trinajstić information content (AvgIpc) is 2.78. The van der Waals surface area contributed by atoms with E-state index in [0.29, 0.717) is 24.0 Å². The summed E-state index contributed by atoms with van der Waals surface area (Å²) in [6.07, 6.45) is 1.03. The minimum absolute atomic E-state index is 0.293. The highest BCUT2D eigenvalue weighted by Crippen LogP contribution is 2.30. The molecule has 2 heterocycles. The molecule has 2 aliphatic heterocycles. The lowest BCUT2D eigenvalue weighted by Crippen LogP contribution is -2.61. The zero-order valence-corrected chi connectivity index (χ0v) is 18.4. The quantitative estimate of drug-likeness (QED) is 0.613. The summed E-state index contributed by atoms with van der Waals surface area (Å²) in [6, 6.07) is 23.7. The van der Waals surface area contributed by atoms with Gasteiger partial charge in [-0.1, -0.05) is 48.5 Å². The first-order valence-electron chi connectivity index (χ1n) is 10.6. The molecule has 0 bridgehead atoms. The third-order valence-electron chi connectivity index (χ3n) is 6.42. The Morgan fingerprint density at radius 3 is 2.10 bits per heavy atom. The third kappa shape index (κ3) is 3.87. The molecule has 3 aromatic rings. The second-order valence-corrected chi connectivity index (χ2v) is 10.2. The van der Waals surface area contributed by atoms with Crippen molar-refractivity contribution in [2.75, 3.05) is 26.7 Å². The molecule has 5 rings (SSSR count). The molecule has 6 heteroatoms. The van der Waals surface area contributed by atoms with E-state index < -0.39 is 10.0 Å². The molecule has 5 nitrogen and oxygen atoms in total. The SMILES string of the molecule is COc1ccc(-c2ccc(S(=O)(=O)N3CC(N4CCc5ccccc5C4)C3)cc2)cc1. The van der Waals surface area contributed by atoms with Crippen molar-refractivity contribution in [2.45, 2.75) is 23.9 Å². The summed E-state index contributed by atoms with van der Waals surface area (Å²) < 4.78 is 32.9. The molecule has 0 spiro atoms. The fraction of sp³-hybridized carbons (Fsp3) is 0.280. The van der Waals surface area contributed by atoms with Crippen molar-refractivity contribution in [3.63, 3.8) is 0 Å². The molecule has 1 fully saturated rings. The Balaban J connectivity index is 1.24. The van der Waals surface area contributed by atoms with E-state index in [1.54, 1.807) is 23.5 Å². The summed E-state index contributed by atoms with van der Waals surface area (Å²) in [6.45, 7) is 3.02. The van der Waals surface area contributed by atoms with Crippen LogP contribution >= 0.6 is 0 Å². The molecule has 0 radical (unpaired) electrons. The van der Waals surface area contributed by atoms with E-state index in [1.807, 2.05) is 36.4 Å². The van der Waals surface area contributed by atoms with Crippen molar-refractivity contribution in [3.05, 3.63) is 83.9 Å². The largest absolute Gasteiger partial charge is 0.497 e. The first-order valence-corrected chi connectivity index (χ1v) is 12.0. The summed E-state index contributed by atoms with van der Waals surface area (Å²) >= 11 is 0. The summed E-state index contributed by atoms with van der Waals surface area (Å²) in [5, 5.41) is 0. The molecule has 3 aromatic carbocycles. The number of sulfonamides is 1. The normalized spacial score (nSPS) is 17.7. The van der Waals surface area contributed by atoms with Crippen molar-refractivity contribution in [1.29, 1.82) is 0 Å². The smallest absolute Gasteiger partial charge is 0.243 e. The Labute approximate surface area is 183 Å². The second-order valence-electron chi connectivity index (χ2n) is 8.22. The molecular weight excluding hydrogens is 408 g/mol. The number of fused-ring (bicyclic) bond motifs is 1. The van der Waals surface area contributed by atoms with Gasteiger partial charge < -0.3 is 4.74 Å². The number of rotatable bonds is 5. The van der Waals surface area contributed by atoms with Gasteiger partial charge in [0.15, 0.2) is 0 Å².